The molecule has 0 fully saturated rings. The molecule has 0 saturated heterocycles. The molecule has 2 atom stereocenters. The number of benzene rings is 2. The Labute approximate surface area is 148 Å². The van der Waals surface area contributed by atoms with Gasteiger partial charge in [-0.05, 0) is 50.6 Å². The van der Waals surface area contributed by atoms with E-state index in [9.17, 15) is 4.79 Å². The van der Waals surface area contributed by atoms with Crippen LogP contribution in [0.25, 0.3) is 0 Å². The van der Waals surface area contributed by atoms with Crippen LogP contribution in [0.15, 0.2) is 48.5 Å². The van der Waals surface area contributed by atoms with E-state index in [2.05, 4.69) is 5.32 Å². The van der Waals surface area contributed by atoms with Gasteiger partial charge in [0.2, 0.25) is 0 Å². The van der Waals surface area contributed by atoms with Crippen molar-refractivity contribution in [2.45, 2.75) is 32.9 Å². The Balaban J connectivity index is 1.92. The summed E-state index contributed by atoms with van der Waals surface area (Å²) in [6.07, 6.45) is -0.614. The Kier molecular flexibility index (Phi) is 6.69. The lowest BCUT2D eigenvalue weighted by Crippen LogP contribution is -2.37. The molecule has 0 saturated carbocycles. The largest absolute Gasteiger partial charge is 0.497 e. The number of carbonyl (C=O) groups is 1. The van der Waals surface area contributed by atoms with Crippen molar-refractivity contribution >= 4 is 5.91 Å². The molecular formula is C20H25NO4. The zero-order valence-corrected chi connectivity index (χ0v) is 15.1. The second-order valence-electron chi connectivity index (χ2n) is 5.67. The quantitative estimate of drug-likeness (QED) is 0.793. The number of methoxy groups -OCH3 is 1. The third-order valence-electron chi connectivity index (χ3n) is 3.77. The summed E-state index contributed by atoms with van der Waals surface area (Å²) in [6.45, 7) is 6.23. The molecule has 2 rings (SSSR count). The van der Waals surface area contributed by atoms with Crippen LogP contribution in [0.4, 0.5) is 0 Å². The molecule has 0 bridgehead atoms. The van der Waals surface area contributed by atoms with Gasteiger partial charge in [-0.3, -0.25) is 4.79 Å². The van der Waals surface area contributed by atoms with E-state index in [1.165, 1.54) is 0 Å². The Morgan fingerprint density at radius 1 is 1.04 bits per heavy atom. The summed E-state index contributed by atoms with van der Waals surface area (Å²) in [5.74, 6) is 1.92. The first-order valence-corrected chi connectivity index (χ1v) is 8.37. The van der Waals surface area contributed by atoms with Crippen molar-refractivity contribution in [3.05, 3.63) is 54.1 Å². The Hall–Kier alpha value is -2.69. The first-order chi connectivity index (χ1) is 12.0. The summed E-state index contributed by atoms with van der Waals surface area (Å²) in [5, 5.41) is 2.96. The minimum atomic E-state index is -0.614. The molecule has 0 radical (unpaired) electrons. The molecule has 2 aromatic carbocycles. The summed E-state index contributed by atoms with van der Waals surface area (Å²) in [7, 11) is 1.59. The van der Waals surface area contributed by atoms with Gasteiger partial charge < -0.3 is 19.5 Å². The van der Waals surface area contributed by atoms with Gasteiger partial charge >= 0.3 is 0 Å². The first-order valence-electron chi connectivity index (χ1n) is 8.37. The summed E-state index contributed by atoms with van der Waals surface area (Å²) in [5.41, 5.74) is 1.00. The lowest BCUT2D eigenvalue weighted by Gasteiger charge is -2.19. The van der Waals surface area contributed by atoms with Crippen LogP contribution in [0.2, 0.25) is 0 Å². The van der Waals surface area contributed by atoms with Gasteiger partial charge in [-0.25, -0.2) is 0 Å². The van der Waals surface area contributed by atoms with Crippen molar-refractivity contribution in [3.63, 3.8) is 0 Å². The predicted octanol–water partition coefficient (Wildman–Crippen LogP) is 3.74. The maximum Gasteiger partial charge on any atom is 0.261 e. The molecule has 5 nitrogen and oxygen atoms in total. The van der Waals surface area contributed by atoms with E-state index in [1.807, 2.05) is 50.2 Å². The highest BCUT2D eigenvalue weighted by Gasteiger charge is 2.18. The lowest BCUT2D eigenvalue weighted by atomic mass is 10.1. The van der Waals surface area contributed by atoms with E-state index in [0.29, 0.717) is 18.1 Å². The monoisotopic (exact) mass is 343 g/mol. The molecule has 1 amide bonds. The predicted molar refractivity (Wildman–Crippen MR) is 97.3 cm³/mol. The van der Waals surface area contributed by atoms with Crippen molar-refractivity contribution < 1.29 is 19.0 Å². The smallest absolute Gasteiger partial charge is 0.261 e. The maximum atomic E-state index is 12.4. The number of amides is 1. The fourth-order valence-electron chi connectivity index (χ4n) is 2.37. The minimum Gasteiger partial charge on any atom is -0.497 e. The Bertz CT molecular complexity index is 684. The Morgan fingerprint density at radius 2 is 1.72 bits per heavy atom. The van der Waals surface area contributed by atoms with Crippen LogP contribution in [0.1, 0.15) is 32.4 Å². The molecule has 0 aromatic heterocycles. The van der Waals surface area contributed by atoms with Gasteiger partial charge in [0, 0.05) is 6.07 Å². The average molecular weight is 343 g/mol. The molecule has 1 N–H and O–H groups in total. The van der Waals surface area contributed by atoms with Gasteiger partial charge in [0.1, 0.15) is 17.2 Å². The molecule has 25 heavy (non-hydrogen) atoms. The van der Waals surface area contributed by atoms with Crippen LogP contribution in [0.3, 0.4) is 0 Å². The van der Waals surface area contributed by atoms with Gasteiger partial charge in [0.25, 0.3) is 5.91 Å². The summed E-state index contributed by atoms with van der Waals surface area (Å²) in [6, 6.07) is 14.8. The number of hydrogen-bond donors (Lipinski definition) is 1. The van der Waals surface area contributed by atoms with Gasteiger partial charge in [0.15, 0.2) is 6.10 Å². The topological polar surface area (TPSA) is 56.8 Å². The van der Waals surface area contributed by atoms with Gasteiger partial charge in [0.05, 0.1) is 19.8 Å². The third-order valence-corrected chi connectivity index (χ3v) is 3.77. The number of nitrogens with one attached hydrogen (secondary N) is 1. The molecular weight excluding hydrogens is 318 g/mol. The fourth-order valence-corrected chi connectivity index (χ4v) is 2.37. The fraction of sp³-hybridized carbons (Fsp3) is 0.350. The van der Waals surface area contributed by atoms with E-state index in [0.717, 1.165) is 11.3 Å². The summed E-state index contributed by atoms with van der Waals surface area (Å²) >= 11 is 0. The third kappa shape index (κ3) is 5.41. The minimum absolute atomic E-state index is 0.125. The number of hydrogen-bond acceptors (Lipinski definition) is 4. The van der Waals surface area contributed by atoms with E-state index in [4.69, 9.17) is 14.2 Å². The van der Waals surface area contributed by atoms with Crippen LogP contribution in [0.5, 0.6) is 17.2 Å². The van der Waals surface area contributed by atoms with Gasteiger partial charge in [-0.15, -0.1) is 0 Å². The zero-order valence-electron chi connectivity index (χ0n) is 15.1. The van der Waals surface area contributed by atoms with Crippen LogP contribution < -0.4 is 19.5 Å². The van der Waals surface area contributed by atoms with E-state index in [1.54, 1.807) is 26.2 Å². The average Bonchev–Trinajstić information content (AvgIpc) is 2.62. The van der Waals surface area contributed by atoms with Crippen molar-refractivity contribution in [1.29, 1.82) is 0 Å². The molecule has 134 valence electrons. The second kappa shape index (κ2) is 8.97. The molecule has 0 unspecified atom stereocenters. The van der Waals surface area contributed by atoms with Crippen molar-refractivity contribution in [2.75, 3.05) is 13.7 Å². The molecule has 0 spiro atoms. The summed E-state index contributed by atoms with van der Waals surface area (Å²) in [4.78, 5) is 12.4. The normalized spacial score (nSPS) is 12.8. The van der Waals surface area contributed by atoms with Crippen LogP contribution in [-0.4, -0.2) is 25.7 Å². The van der Waals surface area contributed by atoms with Gasteiger partial charge in [-0.1, -0.05) is 18.2 Å². The SMILES string of the molecule is CCOc1ccc([C@H](C)NC(=O)[C@H](C)Oc2cccc(OC)c2)cc1. The highest BCUT2D eigenvalue weighted by Crippen LogP contribution is 2.21. The van der Waals surface area contributed by atoms with E-state index in [-0.39, 0.29) is 11.9 Å². The zero-order chi connectivity index (χ0) is 18.2. The van der Waals surface area contributed by atoms with Gasteiger partial charge in [-0.2, -0.15) is 0 Å². The van der Waals surface area contributed by atoms with Crippen molar-refractivity contribution in [3.8, 4) is 17.2 Å². The van der Waals surface area contributed by atoms with E-state index < -0.39 is 6.10 Å². The maximum absolute atomic E-state index is 12.4. The van der Waals surface area contributed by atoms with Crippen molar-refractivity contribution in [1.82, 2.24) is 5.32 Å². The molecule has 0 aliphatic heterocycles. The highest BCUT2D eigenvalue weighted by atomic mass is 16.5. The van der Waals surface area contributed by atoms with Crippen LogP contribution >= 0.6 is 0 Å². The lowest BCUT2D eigenvalue weighted by molar-refractivity contribution is -0.127. The van der Waals surface area contributed by atoms with Crippen LogP contribution in [0, 0.1) is 0 Å². The molecule has 0 heterocycles. The number of carbonyl (C=O) groups excluding carboxylic acids is 1. The summed E-state index contributed by atoms with van der Waals surface area (Å²) < 4.78 is 16.3. The molecule has 2 aromatic rings. The van der Waals surface area contributed by atoms with E-state index >= 15 is 0 Å². The molecule has 0 aliphatic carbocycles. The highest BCUT2D eigenvalue weighted by molar-refractivity contribution is 5.81. The Morgan fingerprint density at radius 3 is 2.36 bits per heavy atom. The number of ether oxygens (including phenoxy) is 3. The molecule has 0 aliphatic rings. The van der Waals surface area contributed by atoms with Crippen LogP contribution in [-0.2, 0) is 4.79 Å². The first kappa shape index (κ1) is 18.6. The standard InChI is InChI=1S/C20H25NO4/c1-5-24-17-11-9-16(10-12-17)14(2)21-20(22)15(3)25-19-8-6-7-18(13-19)23-4/h6-15H,5H2,1-4H3,(H,21,22)/t14-,15-/m0/s1. The number of rotatable bonds is 8. The second-order valence-corrected chi connectivity index (χ2v) is 5.67. The molecule has 5 heteroatoms. The van der Waals surface area contributed by atoms with Crippen molar-refractivity contribution in [2.24, 2.45) is 0 Å².